The van der Waals surface area contributed by atoms with Gasteiger partial charge < -0.3 is 14.8 Å². The summed E-state index contributed by atoms with van der Waals surface area (Å²) in [6.07, 6.45) is 2.45. The Kier molecular flexibility index (Phi) is 4.20. The maximum absolute atomic E-state index is 13.5. The van der Waals surface area contributed by atoms with E-state index >= 15 is 0 Å². The summed E-state index contributed by atoms with van der Waals surface area (Å²) in [5.41, 5.74) is 0.765. The molecule has 3 nitrogen and oxygen atoms in total. The zero-order valence-electron chi connectivity index (χ0n) is 10.0. The second-order valence-corrected chi connectivity index (χ2v) is 4.09. The van der Waals surface area contributed by atoms with Crippen LogP contribution in [0, 0.1) is 5.82 Å². The van der Waals surface area contributed by atoms with Crippen molar-refractivity contribution in [2.24, 2.45) is 0 Å². The van der Waals surface area contributed by atoms with Gasteiger partial charge in [-0.05, 0) is 31.9 Å². The average Bonchev–Trinajstić information content (AvgIpc) is 2.83. The Balaban J connectivity index is 1.90. The first kappa shape index (κ1) is 12.2. The molecule has 0 aliphatic carbocycles. The van der Waals surface area contributed by atoms with Crippen LogP contribution < -0.4 is 10.1 Å². The van der Waals surface area contributed by atoms with Crippen molar-refractivity contribution in [2.45, 2.75) is 25.9 Å². The van der Waals surface area contributed by atoms with Gasteiger partial charge in [0.05, 0.1) is 12.7 Å². The lowest BCUT2D eigenvalue weighted by atomic mass is 10.2. The first-order chi connectivity index (χ1) is 8.29. The molecule has 2 rings (SSSR count). The number of benzene rings is 1. The van der Waals surface area contributed by atoms with Gasteiger partial charge in [0.1, 0.15) is 0 Å². The van der Waals surface area contributed by atoms with Crippen molar-refractivity contribution < 1.29 is 13.9 Å². The van der Waals surface area contributed by atoms with Gasteiger partial charge in [-0.1, -0.05) is 0 Å². The van der Waals surface area contributed by atoms with Gasteiger partial charge in [-0.25, -0.2) is 4.39 Å². The van der Waals surface area contributed by atoms with Crippen molar-refractivity contribution in [3.63, 3.8) is 0 Å². The van der Waals surface area contributed by atoms with E-state index in [4.69, 9.17) is 9.47 Å². The smallest absolute Gasteiger partial charge is 0.167 e. The molecule has 1 unspecified atom stereocenters. The van der Waals surface area contributed by atoms with E-state index in [0.717, 1.165) is 31.7 Å². The third-order valence-corrected chi connectivity index (χ3v) is 2.79. The Morgan fingerprint density at radius 2 is 2.41 bits per heavy atom. The van der Waals surface area contributed by atoms with Crippen molar-refractivity contribution in [3.05, 3.63) is 24.0 Å². The lowest BCUT2D eigenvalue weighted by Crippen LogP contribution is -2.18. The van der Waals surface area contributed by atoms with Crippen LogP contribution in [0.5, 0.6) is 5.75 Å². The lowest BCUT2D eigenvalue weighted by Gasteiger charge is -2.12. The van der Waals surface area contributed by atoms with Crippen LogP contribution in [0.15, 0.2) is 18.2 Å². The molecule has 0 aromatic heterocycles. The summed E-state index contributed by atoms with van der Waals surface area (Å²) in [5, 5.41) is 3.18. The van der Waals surface area contributed by atoms with Crippen LogP contribution in [0.25, 0.3) is 0 Å². The number of halogens is 1. The molecule has 1 aliphatic rings. The largest absolute Gasteiger partial charge is 0.491 e. The molecule has 1 N–H and O–H groups in total. The van der Waals surface area contributed by atoms with Gasteiger partial charge in [0, 0.05) is 24.9 Å². The SMILES string of the molecule is CCOc1ccc(NCC2CCCO2)cc1F. The molecule has 1 atom stereocenters. The molecular formula is C13H18FNO2. The predicted octanol–water partition coefficient (Wildman–Crippen LogP) is 2.82. The first-order valence-corrected chi connectivity index (χ1v) is 6.07. The normalized spacial score (nSPS) is 19.3. The number of hydrogen-bond acceptors (Lipinski definition) is 3. The fraction of sp³-hybridized carbons (Fsp3) is 0.538. The average molecular weight is 239 g/mol. The number of anilines is 1. The molecule has 1 aromatic rings. The second kappa shape index (κ2) is 5.87. The monoisotopic (exact) mass is 239 g/mol. The van der Waals surface area contributed by atoms with Gasteiger partial charge in [0.15, 0.2) is 11.6 Å². The van der Waals surface area contributed by atoms with E-state index in [0.29, 0.717) is 12.4 Å². The van der Waals surface area contributed by atoms with Gasteiger partial charge in [-0.2, -0.15) is 0 Å². The van der Waals surface area contributed by atoms with Gasteiger partial charge in [0.25, 0.3) is 0 Å². The Morgan fingerprint density at radius 3 is 3.06 bits per heavy atom. The van der Waals surface area contributed by atoms with Gasteiger partial charge in [-0.3, -0.25) is 0 Å². The minimum Gasteiger partial charge on any atom is -0.491 e. The van der Waals surface area contributed by atoms with Crippen molar-refractivity contribution in [1.29, 1.82) is 0 Å². The van der Waals surface area contributed by atoms with Gasteiger partial charge in [0.2, 0.25) is 0 Å². The first-order valence-electron chi connectivity index (χ1n) is 6.07. The fourth-order valence-corrected chi connectivity index (χ4v) is 1.92. The minimum atomic E-state index is -0.329. The minimum absolute atomic E-state index is 0.254. The quantitative estimate of drug-likeness (QED) is 0.857. The maximum Gasteiger partial charge on any atom is 0.167 e. The molecule has 1 fully saturated rings. The van der Waals surface area contributed by atoms with Crippen LogP contribution in [-0.2, 0) is 4.74 Å². The van der Waals surface area contributed by atoms with Crippen LogP contribution in [0.3, 0.4) is 0 Å². The van der Waals surface area contributed by atoms with E-state index in [1.165, 1.54) is 6.07 Å². The third-order valence-electron chi connectivity index (χ3n) is 2.79. The van der Waals surface area contributed by atoms with E-state index in [9.17, 15) is 4.39 Å². The predicted molar refractivity (Wildman–Crippen MR) is 65.0 cm³/mol. The van der Waals surface area contributed by atoms with E-state index in [-0.39, 0.29) is 11.9 Å². The molecule has 1 saturated heterocycles. The highest BCUT2D eigenvalue weighted by Gasteiger charge is 2.15. The number of hydrogen-bond donors (Lipinski definition) is 1. The molecular weight excluding hydrogens is 221 g/mol. The van der Waals surface area contributed by atoms with Crippen LogP contribution >= 0.6 is 0 Å². The van der Waals surface area contributed by atoms with Crippen molar-refractivity contribution in [3.8, 4) is 5.75 Å². The van der Waals surface area contributed by atoms with E-state index < -0.39 is 0 Å². The van der Waals surface area contributed by atoms with Gasteiger partial charge >= 0.3 is 0 Å². The Hall–Kier alpha value is -1.29. The second-order valence-electron chi connectivity index (χ2n) is 4.09. The summed E-state index contributed by atoms with van der Waals surface area (Å²) in [6, 6.07) is 4.93. The molecule has 94 valence electrons. The summed E-state index contributed by atoms with van der Waals surface area (Å²) >= 11 is 0. The van der Waals surface area contributed by atoms with Crippen molar-refractivity contribution >= 4 is 5.69 Å². The molecule has 17 heavy (non-hydrogen) atoms. The summed E-state index contributed by atoms with van der Waals surface area (Å²) in [5.74, 6) is -0.0284. The number of rotatable bonds is 5. The molecule has 4 heteroatoms. The van der Waals surface area contributed by atoms with Crippen molar-refractivity contribution in [1.82, 2.24) is 0 Å². The van der Waals surface area contributed by atoms with Crippen LogP contribution in [-0.4, -0.2) is 25.9 Å². The third kappa shape index (κ3) is 3.33. The number of ether oxygens (including phenoxy) is 2. The Labute approximate surface area is 101 Å². The molecule has 0 saturated carbocycles. The highest BCUT2D eigenvalue weighted by molar-refractivity contribution is 5.47. The molecule has 0 radical (unpaired) electrons. The Morgan fingerprint density at radius 1 is 1.53 bits per heavy atom. The Bertz CT molecular complexity index is 364. The highest BCUT2D eigenvalue weighted by Crippen LogP contribution is 2.21. The topological polar surface area (TPSA) is 30.5 Å². The summed E-state index contributed by atoms with van der Waals surface area (Å²) < 4.78 is 24.2. The van der Waals surface area contributed by atoms with Gasteiger partial charge in [-0.15, -0.1) is 0 Å². The molecule has 0 amide bonds. The van der Waals surface area contributed by atoms with Crippen LogP contribution in [0.4, 0.5) is 10.1 Å². The molecule has 1 aliphatic heterocycles. The standard InChI is InChI=1S/C13H18FNO2/c1-2-16-13-6-5-10(8-12(13)14)15-9-11-4-3-7-17-11/h5-6,8,11,15H,2-4,7,9H2,1H3. The fourth-order valence-electron chi connectivity index (χ4n) is 1.92. The highest BCUT2D eigenvalue weighted by atomic mass is 19.1. The van der Waals surface area contributed by atoms with E-state index in [1.54, 1.807) is 6.07 Å². The molecule has 0 spiro atoms. The summed E-state index contributed by atoms with van der Waals surface area (Å²) in [6.45, 7) is 3.88. The van der Waals surface area contributed by atoms with Crippen molar-refractivity contribution in [2.75, 3.05) is 25.1 Å². The molecule has 0 bridgehead atoms. The zero-order chi connectivity index (χ0) is 12.1. The zero-order valence-corrected chi connectivity index (χ0v) is 10.0. The summed E-state index contributed by atoms with van der Waals surface area (Å²) in [7, 11) is 0. The van der Waals surface area contributed by atoms with E-state index in [1.807, 2.05) is 13.0 Å². The van der Waals surface area contributed by atoms with Crippen LogP contribution in [0.1, 0.15) is 19.8 Å². The summed E-state index contributed by atoms with van der Waals surface area (Å²) in [4.78, 5) is 0. The lowest BCUT2D eigenvalue weighted by molar-refractivity contribution is 0.120. The molecule has 1 aromatic carbocycles. The molecule has 1 heterocycles. The number of nitrogens with one attached hydrogen (secondary N) is 1. The van der Waals surface area contributed by atoms with E-state index in [2.05, 4.69) is 5.32 Å². The van der Waals surface area contributed by atoms with Crippen LogP contribution in [0.2, 0.25) is 0 Å². The maximum atomic E-state index is 13.5.